The molecule has 2 unspecified atom stereocenters. The van der Waals surface area contributed by atoms with E-state index in [4.69, 9.17) is 0 Å². The Morgan fingerprint density at radius 3 is 2.50 bits per heavy atom. The number of Topliss-reactive ketones (excluding diaryl/α,β-unsaturated/α-hetero) is 1. The summed E-state index contributed by atoms with van der Waals surface area (Å²) in [6.07, 6.45) is 10.8. The molecule has 0 saturated heterocycles. The number of hydrogen-bond donors (Lipinski definition) is 0. The molecule has 1 aliphatic rings. The molecule has 0 fully saturated rings. The van der Waals surface area contributed by atoms with Crippen LogP contribution >= 0.6 is 0 Å². The molecule has 0 aromatic carbocycles. The first-order valence-electron chi connectivity index (χ1n) is 5.25. The Morgan fingerprint density at radius 1 is 1.36 bits per heavy atom. The van der Waals surface area contributed by atoms with Crippen molar-refractivity contribution in [2.75, 3.05) is 0 Å². The highest BCUT2D eigenvalue weighted by Crippen LogP contribution is 2.23. The number of hydrogen-bond acceptors (Lipinski definition) is 1. The lowest BCUT2D eigenvalue weighted by Crippen LogP contribution is -2.21. The maximum Gasteiger partial charge on any atom is 0.165 e. The van der Waals surface area contributed by atoms with E-state index in [2.05, 4.69) is 13.0 Å². The molecule has 1 rings (SSSR count). The standard InChI is InChI=1S/C13H18O/c1-4-11(5-2)13(14)12-9-7-6-8-10(12)3/h4,6-10,12H,5H2,1-3H3/b11-4-. The van der Waals surface area contributed by atoms with Gasteiger partial charge >= 0.3 is 0 Å². The van der Waals surface area contributed by atoms with E-state index in [-0.39, 0.29) is 11.7 Å². The third-order valence-electron chi connectivity index (χ3n) is 2.76. The summed E-state index contributed by atoms with van der Waals surface area (Å²) in [5.74, 6) is 0.656. The molecule has 1 heteroatoms. The number of carbonyl (C=O) groups is 1. The Bertz CT molecular complexity index is 294. The van der Waals surface area contributed by atoms with Gasteiger partial charge in [0.25, 0.3) is 0 Å². The summed E-state index contributed by atoms with van der Waals surface area (Å²) in [6, 6.07) is 0. The maximum atomic E-state index is 12.0. The Labute approximate surface area is 86.2 Å². The zero-order chi connectivity index (χ0) is 10.6. The van der Waals surface area contributed by atoms with Crippen LogP contribution in [0.2, 0.25) is 0 Å². The molecule has 0 spiro atoms. The van der Waals surface area contributed by atoms with E-state index >= 15 is 0 Å². The molecule has 0 bridgehead atoms. The van der Waals surface area contributed by atoms with Crippen LogP contribution in [0, 0.1) is 11.8 Å². The van der Waals surface area contributed by atoms with Gasteiger partial charge in [-0.05, 0) is 24.8 Å². The predicted octanol–water partition coefficient (Wildman–Crippen LogP) is 3.29. The first-order chi connectivity index (χ1) is 6.70. The monoisotopic (exact) mass is 190 g/mol. The quantitative estimate of drug-likeness (QED) is 0.624. The summed E-state index contributed by atoms with van der Waals surface area (Å²) in [5, 5.41) is 0. The summed E-state index contributed by atoms with van der Waals surface area (Å²) in [5.41, 5.74) is 0.946. The fourth-order valence-corrected chi connectivity index (χ4v) is 1.78. The first kappa shape index (κ1) is 11.0. The summed E-state index contributed by atoms with van der Waals surface area (Å²) in [6.45, 7) is 6.05. The number of rotatable bonds is 3. The van der Waals surface area contributed by atoms with Gasteiger partial charge in [-0.15, -0.1) is 0 Å². The van der Waals surface area contributed by atoms with Crippen LogP contribution in [0.4, 0.5) is 0 Å². The van der Waals surface area contributed by atoms with Crippen molar-refractivity contribution >= 4 is 5.78 Å². The minimum atomic E-state index is 0.0474. The molecular weight excluding hydrogens is 172 g/mol. The van der Waals surface area contributed by atoms with Crippen molar-refractivity contribution in [3.63, 3.8) is 0 Å². The third kappa shape index (κ3) is 2.22. The molecule has 0 aliphatic heterocycles. The molecule has 1 nitrogen and oxygen atoms in total. The smallest absolute Gasteiger partial charge is 0.165 e. The number of ketones is 1. The Kier molecular flexibility index (Phi) is 3.87. The van der Waals surface area contributed by atoms with Gasteiger partial charge in [-0.3, -0.25) is 4.79 Å². The Morgan fingerprint density at radius 2 is 2.00 bits per heavy atom. The maximum absolute atomic E-state index is 12.0. The molecule has 0 N–H and O–H groups in total. The molecule has 0 heterocycles. The molecule has 1 aliphatic carbocycles. The van der Waals surface area contributed by atoms with Crippen LogP contribution in [0.5, 0.6) is 0 Å². The van der Waals surface area contributed by atoms with Crippen LogP contribution in [-0.4, -0.2) is 5.78 Å². The van der Waals surface area contributed by atoms with Crippen LogP contribution in [0.15, 0.2) is 36.0 Å². The normalized spacial score (nSPS) is 26.6. The van der Waals surface area contributed by atoms with E-state index in [1.165, 1.54) is 0 Å². The minimum Gasteiger partial charge on any atom is -0.294 e. The van der Waals surface area contributed by atoms with Crippen LogP contribution in [0.3, 0.4) is 0 Å². The van der Waals surface area contributed by atoms with Crippen LogP contribution in [0.1, 0.15) is 27.2 Å². The van der Waals surface area contributed by atoms with Crippen LogP contribution in [0.25, 0.3) is 0 Å². The zero-order valence-corrected chi connectivity index (χ0v) is 9.16. The van der Waals surface area contributed by atoms with E-state index in [0.717, 1.165) is 12.0 Å². The van der Waals surface area contributed by atoms with E-state index in [1.54, 1.807) is 0 Å². The second-order valence-electron chi connectivity index (χ2n) is 3.69. The van der Waals surface area contributed by atoms with Gasteiger partial charge in [0, 0.05) is 5.92 Å². The van der Waals surface area contributed by atoms with E-state index in [1.807, 2.05) is 38.2 Å². The summed E-state index contributed by atoms with van der Waals surface area (Å²) in [4.78, 5) is 12.0. The molecular formula is C13H18O. The molecule has 0 radical (unpaired) electrons. The lowest BCUT2D eigenvalue weighted by atomic mass is 9.83. The average molecular weight is 190 g/mol. The van der Waals surface area contributed by atoms with E-state index < -0.39 is 0 Å². The van der Waals surface area contributed by atoms with Crippen molar-refractivity contribution in [3.05, 3.63) is 36.0 Å². The lowest BCUT2D eigenvalue weighted by molar-refractivity contribution is -0.118. The van der Waals surface area contributed by atoms with Crippen molar-refractivity contribution in [1.82, 2.24) is 0 Å². The van der Waals surface area contributed by atoms with Gasteiger partial charge in [-0.1, -0.05) is 44.2 Å². The fourth-order valence-electron chi connectivity index (χ4n) is 1.78. The lowest BCUT2D eigenvalue weighted by Gasteiger charge is -2.19. The summed E-state index contributed by atoms with van der Waals surface area (Å²) < 4.78 is 0. The molecule has 0 amide bonds. The Hall–Kier alpha value is -1.11. The summed E-state index contributed by atoms with van der Waals surface area (Å²) in [7, 11) is 0. The molecule has 14 heavy (non-hydrogen) atoms. The second kappa shape index (κ2) is 4.94. The van der Waals surface area contributed by atoms with Gasteiger partial charge in [0.05, 0.1) is 0 Å². The van der Waals surface area contributed by atoms with Crippen molar-refractivity contribution in [1.29, 1.82) is 0 Å². The van der Waals surface area contributed by atoms with Crippen LogP contribution < -0.4 is 0 Å². The molecule has 0 aromatic heterocycles. The second-order valence-corrected chi connectivity index (χ2v) is 3.69. The highest BCUT2D eigenvalue weighted by atomic mass is 16.1. The van der Waals surface area contributed by atoms with E-state index in [9.17, 15) is 4.79 Å². The highest BCUT2D eigenvalue weighted by molar-refractivity contribution is 5.98. The van der Waals surface area contributed by atoms with Gasteiger partial charge in [0.1, 0.15) is 0 Å². The predicted molar refractivity (Wildman–Crippen MR) is 60.0 cm³/mol. The average Bonchev–Trinajstić information content (AvgIpc) is 2.20. The number of carbonyl (C=O) groups excluding carboxylic acids is 1. The van der Waals surface area contributed by atoms with Crippen molar-refractivity contribution in [2.24, 2.45) is 11.8 Å². The van der Waals surface area contributed by atoms with Crippen molar-refractivity contribution in [2.45, 2.75) is 27.2 Å². The molecule has 0 saturated carbocycles. The summed E-state index contributed by atoms with van der Waals surface area (Å²) >= 11 is 0. The highest BCUT2D eigenvalue weighted by Gasteiger charge is 2.23. The number of allylic oxidation sites excluding steroid dienone is 6. The van der Waals surface area contributed by atoms with Gasteiger partial charge < -0.3 is 0 Å². The SMILES string of the molecule is C/C=C(/CC)C(=O)C1C=CC=CC1C. The minimum absolute atomic E-state index is 0.0474. The zero-order valence-electron chi connectivity index (χ0n) is 9.16. The molecule has 0 aromatic rings. The first-order valence-corrected chi connectivity index (χ1v) is 5.25. The van der Waals surface area contributed by atoms with E-state index in [0.29, 0.717) is 5.92 Å². The van der Waals surface area contributed by atoms with Gasteiger partial charge in [0.2, 0.25) is 0 Å². The van der Waals surface area contributed by atoms with Gasteiger partial charge in [-0.25, -0.2) is 0 Å². The molecule has 76 valence electrons. The Balaban J connectivity index is 2.79. The third-order valence-corrected chi connectivity index (χ3v) is 2.76. The van der Waals surface area contributed by atoms with Gasteiger partial charge in [-0.2, -0.15) is 0 Å². The largest absolute Gasteiger partial charge is 0.294 e. The van der Waals surface area contributed by atoms with Crippen molar-refractivity contribution < 1.29 is 4.79 Å². The fraction of sp³-hybridized carbons (Fsp3) is 0.462. The molecule has 2 atom stereocenters. The van der Waals surface area contributed by atoms with Crippen molar-refractivity contribution in [3.8, 4) is 0 Å². The van der Waals surface area contributed by atoms with Crippen LogP contribution in [-0.2, 0) is 4.79 Å². The topological polar surface area (TPSA) is 17.1 Å². The van der Waals surface area contributed by atoms with Gasteiger partial charge in [0.15, 0.2) is 5.78 Å².